The third-order valence-corrected chi connectivity index (χ3v) is 4.62. The van der Waals surface area contributed by atoms with Crippen LogP contribution >= 0.6 is 23.4 Å². The SMILES string of the molecule is CCn1c(CCCOc2ccc(Cl)cc2C)nnc1SCC(N)=O. The number of hydrogen-bond acceptors (Lipinski definition) is 5. The van der Waals surface area contributed by atoms with E-state index in [0.29, 0.717) is 11.6 Å². The average Bonchev–Trinajstić information content (AvgIpc) is 2.93. The molecule has 2 rings (SSSR count). The zero-order valence-corrected chi connectivity index (χ0v) is 15.4. The molecule has 24 heavy (non-hydrogen) atoms. The van der Waals surface area contributed by atoms with Crippen molar-refractivity contribution in [2.75, 3.05) is 12.4 Å². The van der Waals surface area contributed by atoms with Gasteiger partial charge in [-0.2, -0.15) is 0 Å². The van der Waals surface area contributed by atoms with E-state index in [0.717, 1.165) is 41.7 Å². The van der Waals surface area contributed by atoms with Crippen LogP contribution in [0.25, 0.3) is 0 Å². The average molecular weight is 369 g/mol. The molecule has 1 amide bonds. The minimum atomic E-state index is -0.362. The molecule has 1 aromatic heterocycles. The Morgan fingerprint density at radius 3 is 2.88 bits per heavy atom. The van der Waals surface area contributed by atoms with Crippen LogP contribution < -0.4 is 10.5 Å². The second-order valence-corrected chi connectivity index (χ2v) is 6.64. The van der Waals surface area contributed by atoms with Gasteiger partial charge >= 0.3 is 0 Å². The van der Waals surface area contributed by atoms with Crippen molar-refractivity contribution in [3.05, 3.63) is 34.6 Å². The van der Waals surface area contributed by atoms with Gasteiger partial charge in [-0.05, 0) is 44.0 Å². The van der Waals surface area contributed by atoms with Crippen molar-refractivity contribution >= 4 is 29.3 Å². The zero-order valence-electron chi connectivity index (χ0n) is 13.8. The third-order valence-electron chi connectivity index (χ3n) is 3.39. The molecule has 0 atom stereocenters. The second kappa shape index (κ2) is 8.94. The van der Waals surface area contributed by atoms with Crippen LogP contribution in [-0.2, 0) is 17.8 Å². The van der Waals surface area contributed by atoms with E-state index in [1.54, 1.807) is 0 Å². The first-order valence-corrected chi connectivity index (χ1v) is 9.09. The highest BCUT2D eigenvalue weighted by Gasteiger charge is 2.12. The van der Waals surface area contributed by atoms with Crippen LogP contribution in [0.3, 0.4) is 0 Å². The second-order valence-electron chi connectivity index (χ2n) is 5.26. The number of hydrogen-bond donors (Lipinski definition) is 1. The maximum atomic E-state index is 10.9. The molecule has 0 bridgehead atoms. The molecule has 1 aromatic carbocycles. The summed E-state index contributed by atoms with van der Waals surface area (Å²) in [5.41, 5.74) is 6.19. The molecular formula is C16H21ClN4O2S. The molecule has 130 valence electrons. The number of nitrogens with zero attached hydrogens (tertiary/aromatic N) is 3. The Balaban J connectivity index is 1.86. The molecule has 0 unspecified atom stereocenters. The third kappa shape index (κ3) is 5.14. The largest absolute Gasteiger partial charge is 0.493 e. The fourth-order valence-electron chi connectivity index (χ4n) is 2.25. The lowest BCUT2D eigenvalue weighted by atomic mass is 10.2. The van der Waals surface area contributed by atoms with E-state index in [4.69, 9.17) is 22.1 Å². The van der Waals surface area contributed by atoms with Crippen molar-refractivity contribution < 1.29 is 9.53 Å². The first-order chi connectivity index (χ1) is 11.5. The Bertz CT molecular complexity index is 705. The van der Waals surface area contributed by atoms with E-state index in [-0.39, 0.29) is 11.7 Å². The topological polar surface area (TPSA) is 83.0 Å². The number of rotatable bonds is 9. The van der Waals surface area contributed by atoms with E-state index < -0.39 is 0 Å². The van der Waals surface area contributed by atoms with Gasteiger partial charge in [0.2, 0.25) is 5.91 Å². The minimum Gasteiger partial charge on any atom is -0.493 e. The Hall–Kier alpha value is -1.73. The summed E-state index contributed by atoms with van der Waals surface area (Å²) in [4.78, 5) is 10.9. The summed E-state index contributed by atoms with van der Waals surface area (Å²) >= 11 is 7.25. The van der Waals surface area contributed by atoms with Crippen LogP contribution in [0.4, 0.5) is 0 Å². The van der Waals surface area contributed by atoms with Crippen molar-refractivity contribution in [3.63, 3.8) is 0 Å². The lowest BCUT2D eigenvalue weighted by Crippen LogP contribution is -2.14. The summed E-state index contributed by atoms with van der Waals surface area (Å²) in [5, 5.41) is 9.77. The lowest BCUT2D eigenvalue weighted by Gasteiger charge is -2.10. The molecule has 0 aliphatic carbocycles. The van der Waals surface area contributed by atoms with Gasteiger partial charge < -0.3 is 15.0 Å². The Labute approximate surface area is 150 Å². The molecular weight excluding hydrogens is 348 g/mol. The quantitative estimate of drug-likeness (QED) is 0.543. The standard InChI is InChI=1S/C16H21ClN4O2S/c1-3-21-15(19-20-16(21)24-10-14(18)22)5-4-8-23-13-7-6-12(17)9-11(13)2/h6-7,9H,3-5,8,10H2,1-2H3,(H2,18,22). The van der Waals surface area contributed by atoms with Gasteiger partial charge in [-0.25, -0.2) is 0 Å². The summed E-state index contributed by atoms with van der Waals surface area (Å²) in [6.45, 7) is 5.33. The highest BCUT2D eigenvalue weighted by atomic mass is 35.5. The van der Waals surface area contributed by atoms with Crippen LogP contribution in [0.2, 0.25) is 5.02 Å². The zero-order chi connectivity index (χ0) is 17.5. The predicted octanol–water partition coefficient (Wildman–Crippen LogP) is 2.85. The maximum absolute atomic E-state index is 10.9. The first-order valence-electron chi connectivity index (χ1n) is 7.73. The molecule has 0 spiro atoms. The van der Waals surface area contributed by atoms with Crippen molar-refractivity contribution in [3.8, 4) is 5.75 Å². The van der Waals surface area contributed by atoms with Gasteiger partial charge in [-0.1, -0.05) is 23.4 Å². The van der Waals surface area contributed by atoms with Gasteiger partial charge in [0.1, 0.15) is 11.6 Å². The fraction of sp³-hybridized carbons (Fsp3) is 0.438. The van der Waals surface area contributed by atoms with Crippen LogP contribution in [0, 0.1) is 6.92 Å². The van der Waals surface area contributed by atoms with Crippen molar-refractivity contribution in [2.24, 2.45) is 5.73 Å². The van der Waals surface area contributed by atoms with E-state index in [2.05, 4.69) is 10.2 Å². The molecule has 0 aliphatic heterocycles. The van der Waals surface area contributed by atoms with Crippen molar-refractivity contribution in [1.82, 2.24) is 14.8 Å². The highest BCUT2D eigenvalue weighted by Crippen LogP contribution is 2.22. The predicted molar refractivity (Wildman–Crippen MR) is 95.6 cm³/mol. The number of carbonyl (C=O) groups excluding carboxylic acids is 1. The molecule has 2 N–H and O–H groups in total. The summed E-state index contributed by atoms with van der Waals surface area (Å²) < 4.78 is 7.79. The number of aryl methyl sites for hydroxylation is 2. The maximum Gasteiger partial charge on any atom is 0.227 e. The number of ether oxygens (including phenoxy) is 1. The van der Waals surface area contributed by atoms with Crippen LogP contribution in [0.5, 0.6) is 5.75 Å². The summed E-state index contributed by atoms with van der Waals surface area (Å²) in [6.07, 6.45) is 1.57. The van der Waals surface area contributed by atoms with Gasteiger partial charge in [0.15, 0.2) is 5.16 Å². The summed E-state index contributed by atoms with van der Waals surface area (Å²) in [6, 6.07) is 5.58. The van der Waals surface area contributed by atoms with Crippen molar-refractivity contribution in [2.45, 2.75) is 38.4 Å². The number of benzene rings is 1. The molecule has 0 aliphatic rings. The lowest BCUT2D eigenvalue weighted by molar-refractivity contribution is -0.115. The van der Waals surface area contributed by atoms with Gasteiger partial charge in [-0.3, -0.25) is 4.79 Å². The number of carbonyl (C=O) groups is 1. The van der Waals surface area contributed by atoms with Gasteiger partial charge in [0.05, 0.1) is 12.4 Å². The number of halogens is 1. The molecule has 1 heterocycles. The monoisotopic (exact) mass is 368 g/mol. The molecule has 0 radical (unpaired) electrons. The van der Waals surface area contributed by atoms with Crippen LogP contribution in [-0.4, -0.2) is 33.0 Å². The highest BCUT2D eigenvalue weighted by molar-refractivity contribution is 7.99. The number of primary amides is 1. The summed E-state index contributed by atoms with van der Waals surface area (Å²) in [5.74, 6) is 1.57. The van der Waals surface area contributed by atoms with E-state index in [1.165, 1.54) is 11.8 Å². The summed E-state index contributed by atoms with van der Waals surface area (Å²) in [7, 11) is 0. The van der Waals surface area contributed by atoms with E-state index in [1.807, 2.05) is 36.6 Å². The number of nitrogens with two attached hydrogens (primary N) is 1. The molecule has 6 nitrogen and oxygen atoms in total. The Morgan fingerprint density at radius 2 is 2.21 bits per heavy atom. The van der Waals surface area contributed by atoms with E-state index in [9.17, 15) is 4.79 Å². The van der Waals surface area contributed by atoms with Gasteiger partial charge in [0, 0.05) is 18.0 Å². The minimum absolute atomic E-state index is 0.205. The van der Waals surface area contributed by atoms with Crippen molar-refractivity contribution in [1.29, 1.82) is 0 Å². The van der Waals surface area contributed by atoms with Crippen LogP contribution in [0.1, 0.15) is 24.7 Å². The Morgan fingerprint density at radius 1 is 1.42 bits per heavy atom. The molecule has 2 aromatic rings. The molecule has 8 heteroatoms. The fourth-order valence-corrected chi connectivity index (χ4v) is 3.24. The Kier molecular flexibility index (Phi) is 6.93. The number of thioether (sulfide) groups is 1. The van der Waals surface area contributed by atoms with Crippen LogP contribution in [0.15, 0.2) is 23.4 Å². The van der Waals surface area contributed by atoms with E-state index >= 15 is 0 Å². The smallest absolute Gasteiger partial charge is 0.227 e. The molecule has 0 saturated heterocycles. The number of aromatic nitrogens is 3. The normalized spacial score (nSPS) is 10.8. The molecule has 0 fully saturated rings. The first kappa shape index (κ1) is 18.6. The van der Waals surface area contributed by atoms with Gasteiger partial charge in [0.25, 0.3) is 0 Å². The number of amides is 1. The van der Waals surface area contributed by atoms with Gasteiger partial charge in [-0.15, -0.1) is 10.2 Å². The molecule has 0 saturated carbocycles.